The van der Waals surface area contributed by atoms with E-state index in [1.165, 1.54) is 16.6 Å². The molecule has 0 aliphatic carbocycles. The van der Waals surface area contributed by atoms with Crippen molar-refractivity contribution in [2.24, 2.45) is 0 Å². The molecule has 1 amide bonds. The van der Waals surface area contributed by atoms with E-state index in [0.29, 0.717) is 6.54 Å². The molecule has 1 aliphatic rings. The molecule has 0 spiro atoms. The van der Waals surface area contributed by atoms with Crippen LogP contribution in [0.2, 0.25) is 0 Å². The molecule has 1 fully saturated rings. The Balaban J connectivity index is 1.59. The van der Waals surface area contributed by atoms with E-state index in [2.05, 4.69) is 54.1 Å². The van der Waals surface area contributed by atoms with Crippen LogP contribution in [0.25, 0.3) is 10.9 Å². The summed E-state index contributed by atoms with van der Waals surface area (Å²) in [4.78, 5) is 14.0. The Kier molecular flexibility index (Phi) is 4.86. The number of amides is 1. The summed E-state index contributed by atoms with van der Waals surface area (Å²) >= 11 is 0. The fourth-order valence-electron chi connectivity index (χ4n) is 3.49. The van der Waals surface area contributed by atoms with Gasteiger partial charge in [0.1, 0.15) is 6.04 Å². The average Bonchev–Trinajstić information content (AvgIpc) is 3.17. The zero-order valence-electron chi connectivity index (χ0n) is 14.3. The van der Waals surface area contributed by atoms with E-state index in [-0.39, 0.29) is 24.5 Å². The van der Waals surface area contributed by atoms with Gasteiger partial charge in [0, 0.05) is 30.3 Å². The highest BCUT2D eigenvalue weighted by Crippen LogP contribution is 2.19. The smallest absolute Gasteiger partial charge is 0.237 e. The number of aromatic nitrogens is 1. The molecular weight excluding hydrogens is 300 g/mol. The van der Waals surface area contributed by atoms with Crippen molar-refractivity contribution in [3.63, 3.8) is 0 Å². The Hall–Kier alpha value is -2.32. The van der Waals surface area contributed by atoms with Gasteiger partial charge in [0.05, 0.1) is 12.6 Å². The van der Waals surface area contributed by atoms with Gasteiger partial charge in [-0.05, 0) is 44.2 Å². The summed E-state index contributed by atoms with van der Waals surface area (Å²) in [5, 5.41) is 13.7. The fourth-order valence-corrected chi connectivity index (χ4v) is 3.49. The number of aryl methyl sites for hydroxylation is 1. The number of para-hydroxylation sites is 1. The summed E-state index contributed by atoms with van der Waals surface area (Å²) in [5.41, 5.74) is 2.44. The van der Waals surface area contributed by atoms with E-state index >= 15 is 0 Å². The average molecular weight is 324 g/mol. The minimum Gasteiger partial charge on any atom is -0.343 e. The Bertz CT molecular complexity index is 773. The highest BCUT2D eigenvalue weighted by atomic mass is 16.2. The standard InChI is InChI=1S/C19H24N4O/c1-14(21-12-19(24)22-9-5-7-17(22)11-20)13-23-15(2)10-16-6-3-4-8-18(16)23/h3-4,6,8,10,14,17,21H,5,7,9,12-13H2,1-2H3/t14-,17-/m0/s1. The van der Waals surface area contributed by atoms with Gasteiger partial charge in [-0.15, -0.1) is 0 Å². The summed E-state index contributed by atoms with van der Waals surface area (Å²) in [5.74, 6) is 0.0278. The van der Waals surface area contributed by atoms with Crippen LogP contribution in [0.5, 0.6) is 0 Å². The number of carbonyl (C=O) groups is 1. The van der Waals surface area contributed by atoms with Crippen molar-refractivity contribution in [1.82, 2.24) is 14.8 Å². The van der Waals surface area contributed by atoms with Crippen molar-refractivity contribution in [1.29, 1.82) is 5.26 Å². The molecule has 2 aromatic rings. The van der Waals surface area contributed by atoms with Crippen LogP contribution in [0.1, 0.15) is 25.5 Å². The van der Waals surface area contributed by atoms with Crippen LogP contribution in [0.4, 0.5) is 0 Å². The summed E-state index contributed by atoms with van der Waals surface area (Å²) in [6, 6.07) is 12.7. The SMILES string of the molecule is Cc1cc2ccccc2n1C[C@H](C)NCC(=O)N1CCC[C@H]1C#N. The first-order valence-electron chi connectivity index (χ1n) is 8.57. The third kappa shape index (κ3) is 3.29. The van der Waals surface area contributed by atoms with Gasteiger partial charge >= 0.3 is 0 Å². The van der Waals surface area contributed by atoms with E-state index in [0.717, 1.165) is 19.4 Å². The minimum absolute atomic E-state index is 0.0278. The predicted molar refractivity (Wildman–Crippen MR) is 94.5 cm³/mol. The van der Waals surface area contributed by atoms with Gasteiger partial charge in [-0.1, -0.05) is 18.2 Å². The van der Waals surface area contributed by atoms with Crippen molar-refractivity contribution in [3.05, 3.63) is 36.0 Å². The monoisotopic (exact) mass is 324 g/mol. The van der Waals surface area contributed by atoms with Crippen LogP contribution in [-0.4, -0.2) is 40.5 Å². The molecule has 5 heteroatoms. The van der Waals surface area contributed by atoms with Gasteiger partial charge in [0.2, 0.25) is 5.91 Å². The highest BCUT2D eigenvalue weighted by Gasteiger charge is 2.28. The fraction of sp³-hybridized carbons (Fsp3) is 0.474. The number of nitriles is 1. The largest absolute Gasteiger partial charge is 0.343 e. The lowest BCUT2D eigenvalue weighted by molar-refractivity contribution is -0.130. The van der Waals surface area contributed by atoms with Crippen LogP contribution in [0, 0.1) is 18.3 Å². The van der Waals surface area contributed by atoms with E-state index < -0.39 is 0 Å². The van der Waals surface area contributed by atoms with Gasteiger partial charge in [-0.3, -0.25) is 4.79 Å². The van der Waals surface area contributed by atoms with Gasteiger partial charge in [0.25, 0.3) is 0 Å². The van der Waals surface area contributed by atoms with Crippen LogP contribution in [0.3, 0.4) is 0 Å². The number of rotatable bonds is 5. The van der Waals surface area contributed by atoms with Crippen molar-refractivity contribution >= 4 is 16.8 Å². The van der Waals surface area contributed by atoms with E-state index in [4.69, 9.17) is 5.26 Å². The molecule has 0 radical (unpaired) electrons. The van der Waals surface area contributed by atoms with Crippen molar-refractivity contribution in [2.75, 3.05) is 13.1 Å². The lowest BCUT2D eigenvalue weighted by Crippen LogP contribution is -2.43. The van der Waals surface area contributed by atoms with Crippen molar-refractivity contribution in [3.8, 4) is 6.07 Å². The molecule has 1 aromatic carbocycles. The molecule has 5 nitrogen and oxygen atoms in total. The van der Waals surface area contributed by atoms with Crippen LogP contribution < -0.4 is 5.32 Å². The maximum Gasteiger partial charge on any atom is 0.237 e. The summed E-state index contributed by atoms with van der Waals surface area (Å²) < 4.78 is 2.28. The van der Waals surface area contributed by atoms with Crippen molar-refractivity contribution < 1.29 is 4.79 Å². The van der Waals surface area contributed by atoms with E-state index in [9.17, 15) is 4.79 Å². The first-order chi connectivity index (χ1) is 11.6. The zero-order valence-corrected chi connectivity index (χ0v) is 14.3. The second-order valence-corrected chi connectivity index (χ2v) is 6.61. The molecular formula is C19H24N4O. The Morgan fingerprint density at radius 1 is 1.46 bits per heavy atom. The molecule has 0 bridgehead atoms. The highest BCUT2D eigenvalue weighted by molar-refractivity contribution is 5.81. The van der Waals surface area contributed by atoms with Gasteiger partial charge in [0.15, 0.2) is 0 Å². The van der Waals surface area contributed by atoms with Gasteiger partial charge < -0.3 is 14.8 Å². The number of hydrogen-bond donors (Lipinski definition) is 1. The molecule has 1 saturated heterocycles. The number of benzene rings is 1. The lowest BCUT2D eigenvalue weighted by atomic mass is 10.2. The molecule has 2 heterocycles. The normalized spacial score (nSPS) is 18.7. The number of nitrogens with one attached hydrogen (secondary N) is 1. The number of carbonyl (C=O) groups excluding carboxylic acids is 1. The minimum atomic E-state index is -0.245. The zero-order chi connectivity index (χ0) is 17.1. The maximum absolute atomic E-state index is 12.3. The molecule has 0 unspecified atom stereocenters. The quantitative estimate of drug-likeness (QED) is 0.919. The second kappa shape index (κ2) is 7.06. The Morgan fingerprint density at radius 3 is 3.04 bits per heavy atom. The van der Waals surface area contributed by atoms with Crippen LogP contribution in [-0.2, 0) is 11.3 Å². The summed E-state index contributed by atoms with van der Waals surface area (Å²) in [6.07, 6.45) is 1.72. The Morgan fingerprint density at radius 2 is 2.25 bits per heavy atom. The van der Waals surface area contributed by atoms with Gasteiger partial charge in [-0.2, -0.15) is 5.26 Å². The van der Waals surface area contributed by atoms with Crippen LogP contribution in [0.15, 0.2) is 30.3 Å². The number of likely N-dealkylation sites (tertiary alicyclic amines) is 1. The van der Waals surface area contributed by atoms with E-state index in [1.54, 1.807) is 4.90 Å². The molecule has 1 N–H and O–H groups in total. The summed E-state index contributed by atoms with van der Waals surface area (Å²) in [6.45, 7) is 6.01. The van der Waals surface area contributed by atoms with Crippen LogP contribution >= 0.6 is 0 Å². The molecule has 24 heavy (non-hydrogen) atoms. The maximum atomic E-state index is 12.3. The van der Waals surface area contributed by atoms with Gasteiger partial charge in [-0.25, -0.2) is 0 Å². The predicted octanol–water partition coefficient (Wildman–Crippen LogP) is 2.44. The van der Waals surface area contributed by atoms with Crippen molar-refractivity contribution in [2.45, 2.75) is 45.3 Å². The lowest BCUT2D eigenvalue weighted by Gasteiger charge is -2.22. The molecule has 1 aromatic heterocycles. The Labute approximate surface area is 142 Å². The first-order valence-corrected chi connectivity index (χ1v) is 8.57. The third-order valence-electron chi connectivity index (χ3n) is 4.80. The molecule has 3 rings (SSSR count). The summed E-state index contributed by atoms with van der Waals surface area (Å²) in [7, 11) is 0. The topological polar surface area (TPSA) is 61.1 Å². The number of fused-ring (bicyclic) bond motifs is 1. The second-order valence-electron chi connectivity index (χ2n) is 6.61. The molecule has 0 saturated carbocycles. The molecule has 126 valence electrons. The number of hydrogen-bond acceptors (Lipinski definition) is 3. The molecule has 1 aliphatic heterocycles. The first kappa shape index (κ1) is 16.5. The van der Waals surface area contributed by atoms with E-state index in [1.807, 2.05) is 6.07 Å². The molecule has 2 atom stereocenters. The number of nitrogens with zero attached hydrogens (tertiary/aromatic N) is 3. The third-order valence-corrected chi connectivity index (χ3v) is 4.80.